The highest BCUT2D eigenvalue weighted by atomic mass is 32.2. The Balaban J connectivity index is 1.59. The summed E-state index contributed by atoms with van der Waals surface area (Å²) in [6.45, 7) is 8.78. The SMILES string of the molecule is C=C(Oc1cnc2cc(CNCC(CC)N(C)C(C)=O)oc2c1)Sc1cccnc1N. The van der Waals surface area contributed by atoms with E-state index in [0.717, 1.165) is 22.6 Å². The van der Waals surface area contributed by atoms with Crippen LogP contribution in [0.5, 0.6) is 5.75 Å². The Hall–Kier alpha value is -3.04. The fourth-order valence-electron chi connectivity index (χ4n) is 3.03. The highest BCUT2D eigenvalue weighted by Gasteiger charge is 2.15. The monoisotopic (exact) mass is 441 g/mol. The van der Waals surface area contributed by atoms with Gasteiger partial charge in [0, 0.05) is 44.9 Å². The number of likely N-dealkylation sites (N-methyl/N-ethyl adjacent to an activating group) is 1. The van der Waals surface area contributed by atoms with Crippen LogP contribution in [0.15, 0.2) is 57.6 Å². The molecule has 9 heteroatoms. The largest absolute Gasteiger partial charge is 0.458 e. The Kier molecular flexibility index (Phi) is 7.54. The lowest BCUT2D eigenvalue weighted by Gasteiger charge is -2.26. The molecule has 3 aromatic heterocycles. The highest BCUT2D eigenvalue weighted by molar-refractivity contribution is 8.03. The van der Waals surface area contributed by atoms with Crippen LogP contribution in [0.25, 0.3) is 11.1 Å². The number of furan rings is 1. The quantitative estimate of drug-likeness (QED) is 0.361. The molecule has 164 valence electrons. The Morgan fingerprint density at radius 3 is 2.94 bits per heavy atom. The van der Waals surface area contributed by atoms with Crippen molar-refractivity contribution in [1.29, 1.82) is 0 Å². The highest BCUT2D eigenvalue weighted by Crippen LogP contribution is 2.31. The van der Waals surface area contributed by atoms with Crippen molar-refractivity contribution in [3.63, 3.8) is 0 Å². The van der Waals surface area contributed by atoms with Crippen molar-refractivity contribution in [2.45, 2.75) is 37.8 Å². The summed E-state index contributed by atoms with van der Waals surface area (Å²) in [7, 11) is 1.82. The van der Waals surface area contributed by atoms with Gasteiger partial charge >= 0.3 is 0 Å². The maximum absolute atomic E-state index is 11.6. The topological polar surface area (TPSA) is 107 Å². The van der Waals surface area contributed by atoms with E-state index in [0.29, 0.717) is 35.3 Å². The predicted molar refractivity (Wildman–Crippen MR) is 123 cm³/mol. The molecule has 1 unspecified atom stereocenters. The molecule has 3 heterocycles. The molecule has 0 aliphatic carbocycles. The summed E-state index contributed by atoms with van der Waals surface area (Å²) < 4.78 is 11.7. The number of ether oxygens (including phenoxy) is 1. The van der Waals surface area contributed by atoms with Gasteiger partial charge < -0.3 is 25.1 Å². The first-order chi connectivity index (χ1) is 14.9. The third-order valence-electron chi connectivity index (χ3n) is 4.85. The molecule has 0 aromatic carbocycles. The van der Waals surface area contributed by atoms with E-state index in [1.54, 1.807) is 36.4 Å². The van der Waals surface area contributed by atoms with E-state index in [1.807, 2.05) is 19.2 Å². The van der Waals surface area contributed by atoms with Crippen LogP contribution in [0.4, 0.5) is 5.82 Å². The lowest BCUT2D eigenvalue weighted by molar-refractivity contribution is -0.129. The van der Waals surface area contributed by atoms with Gasteiger partial charge in [0.1, 0.15) is 22.8 Å². The Morgan fingerprint density at radius 1 is 1.42 bits per heavy atom. The summed E-state index contributed by atoms with van der Waals surface area (Å²) in [5.74, 6) is 1.76. The van der Waals surface area contributed by atoms with Gasteiger partial charge in [-0.05, 0) is 36.9 Å². The van der Waals surface area contributed by atoms with Gasteiger partial charge in [0.15, 0.2) is 10.7 Å². The maximum Gasteiger partial charge on any atom is 0.219 e. The smallest absolute Gasteiger partial charge is 0.219 e. The standard InChI is InChI=1S/C22H27N5O3S/c1-5-16(27(4)14(2)28)11-24-12-17-9-19-20(30-17)10-18(13-26-19)29-15(3)31-21-7-6-8-25-22(21)23/h6-10,13,16,24H,3,5,11-12H2,1-2,4H3,(H2,23,25). The van der Waals surface area contributed by atoms with Crippen molar-refractivity contribution in [3.05, 3.63) is 54.1 Å². The van der Waals surface area contributed by atoms with E-state index in [1.165, 1.54) is 11.8 Å². The zero-order chi connectivity index (χ0) is 22.4. The molecule has 0 aliphatic rings. The Labute approximate surface area is 185 Å². The lowest BCUT2D eigenvalue weighted by atomic mass is 10.2. The third kappa shape index (κ3) is 5.99. The number of carbonyl (C=O) groups is 1. The average Bonchev–Trinajstić information content (AvgIpc) is 3.14. The first kappa shape index (κ1) is 22.6. The molecular formula is C22H27N5O3S. The minimum atomic E-state index is 0.0556. The molecule has 8 nitrogen and oxygen atoms in total. The number of thioether (sulfide) groups is 1. The molecule has 0 spiro atoms. The van der Waals surface area contributed by atoms with E-state index in [4.69, 9.17) is 14.9 Å². The van der Waals surface area contributed by atoms with Crippen LogP contribution in [0, 0.1) is 0 Å². The summed E-state index contributed by atoms with van der Waals surface area (Å²) >= 11 is 1.30. The van der Waals surface area contributed by atoms with Crippen LogP contribution >= 0.6 is 11.8 Å². The number of rotatable bonds is 10. The number of nitrogen functional groups attached to an aromatic ring is 1. The van der Waals surface area contributed by atoms with Crippen molar-refractivity contribution in [1.82, 2.24) is 20.2 Å². The molecule has 0 saturated carbocycles. The van der Waals surface area contributed by atoms with Gasteiger partial charge in [-0.3, -0.25) is 4.79 Å². The summed E-state index contributed by atoms with van der Waals surface area (Å²) in [5, 5.41) is 3.80. The van der Waals surface area contributed by atoms with Crippen LogP contribution in [0.2, 0.25) is 0 Å². The molecule has 3 N–H and O–H groups in total. The van der Waals surface area contributed by atoms with Gasteiger partial charge in [0.25, 0.3) is 0 Å². The van der Waals surface area contributed by atoms with Crippen molar-refractivity contribution >= 4 is 34.6 Å². The number of nitrogens with two attached hydrogens (primary N) is 1. The summed E-state index contributed by atoms with van der Waals surface area (Å²) in [5.41, 5.74) is 7.23. The summed E-state index contributed by atoms with van der Waals surface area (Å²) in [6, 6.07) is 7.46. The fourth-order valence-corrected chi connectivity index (χ4v) is 3.72. The van der Waals surface area contributed by atoms with Crippen LogP contribution in [-0.2, 0) is 11.3 Å². The second-order valence-electron chi connectivity index (χ2n) is 7.05. The zero-order valence-electron chi connectivity index (χ0n) is 17.9. The minimum absolute atomic E-state index is 0.0556. The number of fused-ring (bicyclic) bond motifs is 1. The Morgan fingerprint density at radius 2 is 2.23 bits per heavy atom. The molecule has 0 radical (unpaired) electrons. The van der Waals surface area contributed by atoms with Crippen molar-refractivity contribution in [2.75, 3.05) is 19.3 Å². The predicted octanol–water partition coefficient (Wildman–Crippen LogP) is 3.79. The van der Waals surface area contributed by atoms with Crippen LogP contribution in [-0.4, -0.2) is 40.4 Å². The van der Waals surface area contributed by atoms with E-state index in [2.05, 4.69) is 28.8 Å². The second kappa shape index (κ2) is 10.3. The van der Waals surface area contributed by atoms with Crippen LogP contribution in [0.1, 0.15) is 26.0 Å². The van der Waals surface area contributed by atoms with E-state index in [9.17, 15) is 4.79 Å². The van der Waals surface area contributed by atoms with Gasteiger partial charge in [0.2, 0.25) is 5.91 Å². The molecule has 0 bridgehead atoms. The van der Waals surface area contributed by atoms with Gasteiger partial charge in [-0.15, -0.1) is 0 Å². The number of nitrogens with one attached hydrogen (secondary N) is 1. The number of hydrogen-bond acceptors (Lipinski definition) is 8. The van der Waals surface area contributed by atoms with E-state index in [-0.39, 0.29) is 11.9 Å². The van der Waals surface area contributed by atoms with Gasteiger partial charge in [0.05, 0.1) is 17.6 Å². The average molecular weight is 442 g/mol. The van der Waals surface area contributed by atoms with Crippen LogP contribution in [0.3, 0.4) is 0 Å². The molecule has 0 aliphatic heterocycles. The van der Waals surface area contributed by atoms with E-state index < -0.39 is 0 Å². The van der Waals surface area contributed by atoms with Crippen molar-refractivity contribution < 1.29 is 13.9 Å². The first-order valence-corrected chi connectivity index (χ1v) is 10.8. The zero-order valence-corrected chi connectivity index (χ0v) is 18.7. The number of carbonyl (C=O) groups excluding carboxylic acids is 1. The number of anilines is 1. The third-order valence-corrected chi connectivity index (χ3v) is 5.72. The molecule has 3 rings (SSSR count). The fraction of sp³-hybridized carbons (Fsp3) is 0.318. The minimum Gasteiger partial charge on any atom is -0.458 e. The van der Waals surface area contributed by atoms with Crippen molar-refractivity contribution in [3.8, 4) is 5.75 Å². The van der Waals surface area contributed by atoms with Crippen LogP contribution < -0.4 is 15.8 Å². The summed E-state index contributed by atoms with van der Waals surface area (Å²) in [6.07, 6.45) is 4.13. The summed E-state index contributed by atoms with van der Waals surface area (Å²) in [4.78, 5) is 22.5. The van der Waals surface area contributed by atoms with E-state index >= 15 is 0 Å². The second-order valence-corrected chi connectivity index (χ2v) is 8.15. The molecule has 3 aromatic rings. The molecule has 0 fully saturated rings. The maximum atomic E-state index is 11.6. The number of amides is 1. The van der Waals surface area contributed by atoms with Gasteiger partial charge in [-0.25, -0.2) is 9.97 Å². The van der Waals surface area contributed by atoms with Gasteiger partial charge in [-0.2, -0.15) is 0 Å². The Bertz CT molecular complexity index is 1070. The number of aromatic nitrogens is 2. The first-order valence-electron chi connectivity index (χ1n) is 9.95. The molecular weight excluding hydrogens is 414 g/mol. The lowest BCUT2D eigenvalue weighted by Crippen LogP contribution is -2.41. The van der Waals surface area contributed by atoms with Crippen molar-refractivity contribution in [2.24, 2.45) is 0 Å². The molecule has 1 atom stereocenters. The molecule has 1 amide bonds. The number of nitrogens with zero attached hydrogens (tertiary/aromatic N) is 3. The molecule has 31 heavy (non-hydrogen) atoms. The number of pyridine rings is 2. The van der Waals surface area contributed by atoms with Gasteiger partial charge in [-0.1, -0.05) is 6.92 Å². The number of hydrogen-bond donors (Lipinski definition) is 2. The molecule has 0 saturated heterocycles. The normalized spacial score (nSPS) is 12.0.